The van der Waals surface area contributed by atoms with Gasteiger partial charge in [-0.25, -0.2) is 4.79 Å². The molecule has 1 fully saturated rings. The Kier molecular flexibility index (Phi) is 4.13. The largest absolute Gasteiger partial charge is 0.459 e. The average molecular weight is 403 g/mol. The summed E-state index contributed by atoms with van der Waals surface area (Å²) in [5.41, 5.74) is 1.56. The Labute approximate surface area is 173 Å². The molecule has 0 radical (unpaired) electrons. The monoisotopic (exact) mass is 403 g/mol. The highest BCUT2D eigenvalue weighted by atomic mass is 16.3. The molecular weight excluding hydrogens is 382 g/mol. The smallest absolute Gasteiger partial charge is 0.325 e. The summed E-state index contributed by atoms with van der Waals surface area (Å²) in [7, 11) is 0. The average Bonchev–Trinajstić information content (AvgIpc) is 3.40. The fraction of sp³-hybridized carbons (Fsp3) is 0.261. The number of hydrogen-bond donors (Lipinski definition) is 2. The molecule has 7 heteroatoms. The summed E-state index contributed by atoms with van der Waals surface area (Å²) in [4.78, 5) is 39.3. The van der Waals surface area contributed by atoms with Crippen LogP contribution in [-0.2, 0) is 21.5 Å². The number of carbonyl (C=O) groups is 3. The number of fused-ring (bicyclic) bond motifs is 3. The molecule has 1 aliphatic heterocycles. The van der Waals surface area contributed by atoms with Crippen LogP contribution < -0.4 is 10.6 Å². The summed E-state index contributed by atoms with van der Waals surface area (Å²) >= 11 is 0. The number of amides is 4. The van der Waals surface area contributed by atoms with Gasteiger partial charge in [-0.1, -0.05) is 42.5 Å². The van der Waals surface area contributed by atoms with Crippen LogP contribution in [0.2, 0.25) is 0 Å². The third-order valence-corrected chi connectivity index (χ3v) is 5.97. The molecule has 1 aromatic heterocycles. The number of hydrogen-bond acceptors (Lipinski definition) is 4. The van der Waals surface area contributed by atoms with E-state index in [-0.39, 0.29) is 12.5 Å². The molecule has 0 unspecified atom stereocenters. The van der Waals surface area contributed by atoms with Crippen molar-refractivity contribution in [3.8, 4) is 0 Å². The van der Waals surface area contributed by atoms with E-state index in [0.29, 0.717) is 18.6 Å². The summed E-state index contributed by atoms with van der Waals surface area (Å²) in [6.45, 7) is 1.47. The first kappa shape index (κ1) is 18.4. The molecule has 152 valence electrons. The van der Waals surface area contributed by atoms with Crippen molar-refractivity contribution in [2.24, 2.45) is 0 Å². The van der Waals surface area contributed by atoms with Gasteiger partial charge in [-0.15, -0.1) is 0 Å². The van der Waals surface area contributed by atoms with Crippen molar-refractivity contribution in [3.05, 3.63) is 71.5 Å². The van der Waals surface area contributed by atoms with Gasteiger partial charge in [0.1, 0.15) is 23.4 Å². The number of aryl methyl sites for hydroxylation is 1. The third kappa shape index (κ3) is 2.77. The molecule has 0 saturated carbocycles. The van der Waals surface area contributed by atoms with Crippen molar-refractivity contribution < 1.29 is 18.8 Å². The minimum Gasteiger partial charge on any atom is -0.459 e. The molecular formula is C23H21N3O4. The molecule has 1 spiro atoms. The Morgan fingerprint density at radius 2 is 1.97 bits per heavy atom. The molecule has 4 amide bonds. The van der Waals surface area contributed by atoms with Crippen molar-refractivity contribution in [1.82, 2.24) is 15.5 Å². The number of furan rings is 1. The molecule has 1 saturated heterocycles. The van der Waals surface area contributed by atoms with Crippen LogP contribution in [0.5, 0.6) is 0 Å². The zero-order chi connectivity index (χ0) is 20.9. The SMILES string of the molecule is C[C@H](NC(=O)CN1C(=O)N[C@@]2(CCc3ccccc32)C1=O)c1cc2ccccc2o1. The van der Waals surface area contributed by atoms with Crippen molar-refractivity contribution in [3.63, 3.8) is 0 Å². The number of rotatable bonds is 4. The van der Waals surface area contributed by atoms with Gasteiger partial charge in [0.05, 0.1) is 6.04 Å². The fourth-order valence-electron chi connectivity index (χ4n) is 4.45. The van der Waals surface area contributed by atoms with Gasteiger partial charge in [0.2, 0.25) is 5.91 Å². The van der Waals surface area contributed by atoms with Crippen LogP contribution in [0.15, 0.2) is 59.0 Å². The number of para-hydroxylation sites is 1. The van der Waals surface area contributed by atoms with Crippen LogP contribution in [0.3, 0.4) is 0 Å². The van der Waals surface area contributed by atoms with E-state index in [2.05, 4.69) is 10.6 Å². The molecule has 0 bridgehead atoms. The Morgan fingerprint density at radius 1 is 1.20 bits per heavy atom. The second kappa shape index (κ2) is 6.73. The first-order chi connectivity index (χ1) is 14.5. The molecule has 3 aromatic rings. The number of carbonyl (C=O) groups excluding carboxylic acids is 3. The number of urea groups is 1. The molecule has 30 heavy (non-hydrogen) atoms. The molecule has 2 heterocycles. The summed E-state index contributed by atoms with van der Waals surface area (Å²) in [5.74, 6) is -0.179. The molecule has 7 nitrogen and oxygen atoms in total. The quantitative estimate of drug-likeness (QED) is 0.655. The van der Waals surface area contributed by atoms with Gasteiger partial charge >= 0.3 is 6.03 Å². The zero-order valence-electron chi connectivity index (χ0n) is 16.5. The van der Waals surface area contributed by atoms with Gasteiger partial charge in [0.25, 0.3) is 5.91 Å². The van der Waals surface area contributed by atoms with Crippen molar-refractivity contribution >= 4 is 28.8 Å². The number of benzene rings is 2. The first-order valence-electron chi connectivity index (χ1n) is 9.98. The van der Waals surface area contributed by atoms with Gasteiger partial charge < -0.3 is 15.1 Å². The van der Waals surface area contributed by atoms with Gasteiger partial charge in [-0.2, -0.15) is 0 Å². The fourth-order valence-corrected chi connectivity index (χ4v) is 4.45. The Balaban J connectivity index is 1.30. The molecule has 5 rings (SSSR count). The van der Waals surface area contributed by atoms with E-state index < -0.39 is 23.5 Å². The van der Waals surface area contributed by atoms with Crippen LogP contribution >= 0.6 is 0 Å². The Bertz CT molecular complexity index is 1150. The lowest BCUT2D eigenvalue weighted by atomic mass is 9.92. The van der Waals surface area contributed by atoms with Crippen molar-refractivity contribution in [2.45, 2.75) is 31.3 Å². The Hall–Kier alpha value is -3.61. The summed E-state index contributed by atoms with van der Waals surface area (Å²) in [6, 6.07) is 16.1. The molecule has 2 aliphatic rings. The van der Waals surface area contributed by atoms with Gasteiger partial charge in [0.15, 0.2) is 0 Å². The van der Waals surface area contributed by atoms with E-state index in [9.17, 15) is 14.4 Å². The van der Waals surface area contributed by atoms with E-state index in [0.717, 1.165) is 27.0 Å². The maximum Gasteiger partial charge on any atom is 0.325 e. The van der Waals surface area contributed by atoms with E-state index in [1.54, 1.807) is 6.92 Å². The second-order valence-corrected chi connectivity index (χ2v) is 7.86. The van der Waals surface area contributed by atoms with E-state index in [1.807, 2.05) is 54.6 Å². The Morgan fingerprint density at radius 3 is 2.80 bits per heavy atom. The lowest BCUT2D eigenvalue weighted by Gasteiger charge is -2.22. The maximum atomic E-state index is 13.2. The first-order valence-corrected chi connectivity index (χ1v) is 9.98. The normalized spacial score (nSPS) is 21.2. The van der Waals surface area contributed by atoms with Crippen molar-refractivity contribution in [2.75, 3.05) is 6.54 Å². The van der Waals surface area contributed by atoms with Crippen LogP contribution in [0.4, 0.5) is 4.79 Å². The molecule has 2 aromatic carbocycles. The lowest BCUT2D eigenvalue weighted by molar-refractivity contribution is -0.135. The molecule has 2 N–H and O–H groups in total. The summed E-state index contributed by atoms with van der Waals surface area (Å²) in [6.07, 6.45) is 1.22. The number of nitrogens with one attached hydrogen (secondary N) is 2. The van der Waals surface area contributed by atoms with Gasteiger partial charge in [-0.3, -0.25) is 14.5 Å². The molecule has 2 atom stereocenters. The van der Waals surface area contributed by atoms with Crippen LogP contribution in [0.25, 0.3) is 11.0 Å². The highest BCUT2D eigenvalue weighted by Gasteiger charge is 2.55. The summed E-state index contributed by atoms with van der Waals surface area (Å²) < 4.78 is 5.78. The van der Waals surface area contributed by atoms with E-state index in [4.69, 9.17) is 4.42 Å². The summed E-state index contributed by atoms with van der Waals surface area (Å²) in [5, 5.41) is 6.60. The number of nitrogens with zero attached hydrogens (tertiary/aromatic N) is 1. The predicted molar refractivity (Wildman–Crippen MR) is 109 cm³/mol. The maximum absolute atomic E-state index is 13.2. The number of imide groups is 1. The zero-order valence-corrected chi connectivity index (χ0v) is 16.5. The second-order valence-electron chi connectivity index (χ2n) is 7.86. The molecule has 1 aliphatic carbocycles. The van der Waals surface area contributed by atoms with E-state index in [1.165, 1.54) is 0 Å². The third-order valence-electron chi connectivity index (χ3n) is 5.97. The van der Waals surface area contributed by atoms with Crippen LogP contribution in [0, 0.1) is 0 Å². The van der Waals surface area contributed by atoms with E-state index >= 15 is 0 Å². The van der Waals surface area contributed by atoms with Gasteiger partial charge in [-0.05, 0) is 43.0 Å². The lowest BCUT2D eigenvalue weighted by Crippen LogP contribution is -2.44. The van der Waals surface area contributed by atoms with Crippen molar-refractivity contribution in [1.29, 1.82) is 0 Å². The highest BCUT2D eigenvalue weighted by molar-refractivity contribution is 6.09. The predicted octanol–water partition coefficient (Wildman–Crippen LogP) is 3.00. The van der Waals surface area contributed by atoms with Crippen LogP contribution in [0.1, 0.15) is 36.3 Å². The topological polar surface area (TPSA) is 91.7 Å². The minimum atomic E-state index is -1.06. The van der Waals surface area contributed by atoms with Gasteiger partial charge in [0, 0.05) is 5.39 Å². The highest BCUT2D eigenvalue weighted by Crippen LogP contribution is 2.41. The standard InChI is InChI=1S/C23H21N3O4/c1-14(19-12-16-7-3-5-9-18(16)30-19)24-20(27)13-26-21(28)23(25-22(26)29)11-10-15-6-2-4-8-17(15)23/h2-9,12,14H,10-11,13H2,1H3,(H,24,27)(H,25,29)/t14-,23+/m0/s1. The van der Waals surface area contributed by atoms with Crippen LogP contribution in [-0.4, -0.2) is 29.3 Å². The minimum absolute atomic E-state index is 0.334.